The van der Waals surface area contributed by atoms with Gasteiger partial charge in [0.2, 0.25) is 0 Å². The zero-order chi connectivity index (χ0) is 11.5. The molecule has 2 heteroatoms. The third-order valence-electron chi connectivity index (χ3n) is 4.08. The molecule has 0 saturated carbocycles. The van der Waals surface area contributed by atoms with Crippen LogP contribution in [-0.2, 0) is 0 Å². The van der Waals surface area contributed by atoms with Crippen molar-refractivity contribution in [2.24, 2.45) is 0 Å². The fraction of sp³-hybridized carbons (Fsp3) is 0.600. The Kier molecular flexibility index (Phi) is 3.32. The van der Waals surface area contributed by atoms with E-state index in [9.17, 15) is 0 Å². The number of piperidine rings is 1. The van der Waals surface area contributed by atoms with Gasteiger partial charge in [0.05, 0.1) is 0 Å². The van der Waals surface area contributed by atoms with Crippen LogP contribution in [0, 0.1) is 0 Å². The first-order valence-electron chi connectivity index (χ1n) is 7.02. The number of hydrogen-bond acceptors (Lipinski definition) is 2. The average molecular weight is 230 g/mol. The molecule has 1 aromatic carbocycles. The van der Waals surface area contributed by atoms with Crippen molar-refractivity contribution in [2.45, 2.75) is 38.1 Å². The monoisotopic (exact) mass is 230 g/mol. The second kappa shape index (κ2) is 5.09. The van der Waals surface area contributed by atoms with E-state index in [4.69, 9.17) is 0 Å². The molecule has 2 aliphatic heterocycles. The number of benzene rings is 1. The zero-order valence-corrected chi connectivity index (χ0v) is 10.5. The zero-order valence-electron chi connectivity index (χ0n) is 10.5. The molecule has 17 heavy (non-hydrogen) atoms. The van der Waals surface area contributed by atoms with Crippen LogP contribution in [0.4, 0.5) is 5.69 Å². The van der Waals surface area contributed by atoms with E-state index >= 15 is 0 Å². The largest absolute Gasteiger partial charge is 0.372 e. The standard InChI is InChI=1S/C15H22N2/c1-2-11-17(12-3-1)14-8-6-13(7-9-14)15-5-4-10-16-15/h6-9,15-16H,1-5,10-12H2/t15-/m1/s1. The molecular formula is C15H22N2. The predicted octanol–water partition coefficient (Wildman–Crippen LogP) is 3.10. The number of nitrogens with zero attached hydrogens (tertiary/aromatic N) is 1. The molecule has 1 N–H and O–H groups in total. The number of hydrogen-bond donors (Lipinski definition) is 1. The molecule has 0 radical (unpaired) electrons. The van der Waals surface area contributed by atoms with Crippen molar-refractivity contribution in [3.63, 3.8) is 0 Å². The smallest absolute Gasteiger partial charge is 0.0366 e. The summed E-state index contributed by atoms with van der Waals surface area (Å²) in [5, 5.41) is 3.56. The van der Waals surface area contributed by atoms with Crippen LogP contribution in [0.2, 0.25) is 0 Å². The first kappa shape index (κ1) is 11.1. The van der Waals surface area contributed by atoms with Gasteiger partial charge in [-0.1, -0.05) is 12.1 Å². The molecule has 2 saturated heterocycles. The minimum atomic E-state index is 0.602. The van der Waals surface area contributed by atoms with Gasteiger partial charge in [0.1, 0.15) is 0 Å². The van der Waals surface area contributed by atoms with Gasteiger partial charge in [-0.25, -0.2) is 0 Å². The van der Waals surface area contributed by atoms with Gasteiger partial charge in [0.15, 0.2) is 0 Å². The first-order valence-corrected chi connectivity index (χ1v) is 7.02. The molecule has 0 unspecified atom stereocenters. The van der Waals surface area contributed by atoms with Gasteiger partial charge < -0.3 is 10.2 Å². The molecule has 2 aliphatic rings. The normalized spacial score (nSPS) is 25.2. The van der Waals surface area contributed by atoms with Crippen LogP contribution < -0.4 is 10.2 Å². The van der Waals surface area contributed by atoms with Gasteiger partial charge in [-0.05, 0) is 56.3 Å². The van der Waals surface area contributed by atoms with Crippen LogP contribution in [0.1, 0.15) is 43.7 Å². The quantitative estimate of drug-likeness (QED) is 0.840. The summed E-state index contributed by atoms with van der Waals surface area (Å²) in [6.07, 6.45) is 6.72. The maximum atomic E-state index is 3.56. The van der Waals surface area contributed by atoms with Crippen molar-refractivity contribution in [2.75, 3.05) is 24.5 Å². The topological polar surface area (TPSA) is 15.3 Å². The highest BCUT2D eigenvalue weighted by molar-refractivity contribution is 5.48. The van der Waals surface area contributed by atoms with Crippen LogP contribution in [0.3, 0.4) is 0 Å². The molecule has 0 amide bonds. The van der Waals surface area contributed by atoms with E-state index in [1.54, 1.807) is 0 Å². The lowest BCUT2D eigenvalue weighted by Crippen LogP contribution is -2.29. The van der Waals surface area contributed by atoms with Crippen molar-refractivity contribution >= 4 is 5.69 Å². The summed E-state index contributed by atoms with van der Waals surface area (Å²) in [4.78, 5) is 2.52. The van der Waals surface area contributed by atoms with E-state index in [0.717, 1.165) is 0 Å². The Morgan fingerprint density at radius 2 is 1.71 bits per heavy atom. The van der Waals surface area contributed by atoms with Crippen LogP contribution in [0.15, 0.2) is 24.3 Å². The maximum Gasteiger partial charge on any atom is 0.0366 e. The molecule has 0 aromatic heterocycles. The lowest BCUT2D eigenvalue weighted by Gasteiger charge is -2.29. The fourth-order valence-electron chi connectivity index (χ4n) is 3.04. The lowest BCUT2D eigenvalue weighted by molar-refractivity contribution is 0.577. The van der Waals surface area contributed by atoms with Crippen molar-refractivity contribution < 1.29 is 0 Å². The van der Waals surface area contributed by atoms with Gasteiger partial charge >= 0.3 is 0 Å². The Hall–Kier alpha value is -1.02. The lowest BCUT2D eigenvalue weighted by atomic mass is 10.0. The summed E-state index contributed by atoms with van der Waals surface area (Å²) < 4.78 is 0. The third kappa shape index (κ3) is 2.47. The number of anilines is 1. The molecular weight excluding hydrogens is 208 g/mol. The summed E-state index contributed by atoms with van der Waals surface area (Å²) in [7, 11) is 0. The Morgan fingerprint density at radius 1 is 0.941 bits per heavy atom. The Bertz CT molecular complexity index is 346. The summed E-state index contributed by atoms with van der Waals surface area (Å²) in [5.74, 6) is 0. The highest BCUT2D eigenvalue weighted by Gasteiger charge is 2.16. The minimum Gasteiger partial charge on any atom is -0.372 e. The molecule has 2 heterocycles. The predicted molar refractivity (Wildman–Crippen MR) is 72.5 cm³/mol. The van der Waals surface area contributed by atoms with E-state index in [1.165, 1.54) is 63.0 Å². The van der Waals surface area contributed by atoms with E-state index in [2.05, 4.69) is 34.5 Å². The van der Waals surface area contributed by atoms with E-state index in [-0.39, 0.29) is 0 Å². The van der Waals surface area contributed by atoms with Gasteiger partial charge in [-0.15, -0.1) is 0 Å². The second-order valence-electron chi connectivity index (χ2n) is 5.29. The van der Waals surface area contributed by atoms with E-state index < -0.39 is 0 Å². The summed E-state index contributed by atoms with van der Waals surface area (Å²) in [5.41, 5.74) is 2.87. The van der Waals surface area contributed by atoms with Crippen LogP contribution in [0.25, 0.3) is 0 Å². The molecule has 1 aromatic rings. The van der Waals surface area contributed by atoms with Crippen molar-refractivity contribution in [1.82, 2.24) is 5.32 Å². The molecule has 2 nitrogen and oxygen atoms in total. The van der Waals surface area contributed by atoms with Gasteiger partial charge in [0, 0.05) is 24.8 Å². The molecule has 0 aliphatic carbocycles. The molecule has 0 spiro atoms. The SMILES string of the molecule is c1cc(N2CCCCC2)ccc1[C@H]1CCCN1. The van der Waals surface area contributed by atoms with Crippen LogP contribution in [-0.4, -0.2) is 19.6 Å². The fourth-order valence-corrected chi connectivity index (χ4v) is 3.04. The molecule has 3 rings (SSSR count). The van der Waals surface area contributed by atoms with E-state index in [0.29, 0.717) is 6.04 Å². The Balaban J connectivity index is 1.70. The first-order chi connectivity index (χ1) is 8.43. The minimum absolute atomic E-state index is 0.602. The van der Waals surface area contributed by atoms with Crippen molar-refractivity contribution in [3.8, 4) is 0 Å². The number of nitrogens with one attached hydrogen (secondary N) is 1. The van der Waals surface area contributed by atoms with Crippen LogP contribution >= 0.6 is 0 Å². The van der Waals surface area contributed by atoms with Gasteiger partial charge in [0.25, 0.3) is 0 Å². The van der Waals surface area contributed by atoms with Crippen molar-refractivity contribution in [3.05, 3.63) is 29.8 Å². The van der Waals surface area contributed by atoms with Crippen molar-refractivity contribution in [1.29, 1.82) is 0 Å². The summed E-state index contributed by atoms with van der Waals surface area (Å²) in [6.45, 7) is 3.65. The molecule has 0 bridgehead atoms. The molecule has 92 valence electrons. The Morgan fingerprint density at radius 3 is 2.35 bits per heavy atom. The third-order valence-corrected chi connectivity index (χ3v) is 4.08. The summed E-state index contributed by atoms with van der Waals surface area (Å²) in [6, 6.07) is 9.84. The van der Waals surface area contributed by atoms with E-state index in [1.807, 2.05) is 0 Å². The maximum absolute atomic E-state index is 3.56. The summed E-state index contributed by atoms with van der Waals surface area (Å²) >= 11 is 0. The van der Waals surface area contributed by atoms with Crippen LogP contribution in [0.5, 0.6) is 0 Å². The Labute approximate surface area is 104 Å². The van der Waals surface area contributed by atoms with Gasteiger partial charge in [-0.2, -0.15) is 0 Å². The molecule has 1 atom stereocenters. The highest BCUT2D eigenvalue weighted by atomic mass is 15.1. The number of rotatable bonds is 2. The highest BCUT2D eigenvalue weighted by Crippen LogP contribution is 2.26. The molecule has 2 fully saturated rings. The van der Waals surface area contributed by atoms with Gasteiger partial charge in [-0.3, -0.25) is 0 Å². The second-order valence-corrected chi connectivity index (χ2v) is 5.29. The average Bonchev–Trinajstić information content (AvgIpc) is 2.94.